The third kappa shape index (κ3) is 5.94. The molecule has 0 atom stereocenters. The molecule has 1 N–H and O–H groups in total. The summed E-state index contributed by atoms with van der Waals surface area (Å²) in [5.41, 5.74) is 1.00. The molecule has 1 heterocycles. The largest absolute Gasteiger partial charge is 0.334 e. The number of hydrogen-bond donors (Lipinski definition) is 1. The highest BCUT2D eigenvalue weighted by Gasteiger charge is 2.23. The molecular formula is C16H25N3O2. The zero-order chi connectivity index (χ0) is 16.0. The molecule has 0 aromatic carbocycles. The van der Waals surface area contributed by atoms with Crippen LogP contribution in [0.5, 0.6) is 0 Å². The zero-order valence-electron chi connectivity index (χ0n) is 13.5. The molecule has 0 saturated heterocycles. The van der Waals surface area contributed by atoms with Gasteiger partial charge in [0.05, 0.1) is 0 Å². The molecule has 1 aromatic heterocycles. The first-order chi connectivity index (χ1) is 9.79. The molecule has 2 amide bonds. The van der Waals surface area contributed by atoms with E-state index in [-0.39, 0.29) is 0 Å². The Morgan fingerprint density at radius 1 is 1.14 bits per heavy atom. The van der Waals surface area contributed by atoms with Crippen LogP contribution in [0.15, 0.2) is 18.3 Å². The van der Waals surface area contributed by atoms with Crippen molar-refractivity contribution in [2.75, 3.05) is 18.4 Å². The Morgan fingerprint density at radius 2 is 1.71 bits per heavy atom. The zero-order valence-corrected chi connectivity index (χ0v) is 13.5. The number of carbonyl (C=O) groups is 2. The summed E-state index contributed by atoms with van der Waals surface area (Å²) in [6.45, 7) is 11.2. The molecule has 5 nitrogen and oxygen atoms in total. The molecule has 116 valence electrons. The molecule has 1 aromatic rings. The van der Waals surface area contributed by atoms with E-state index in [4.69, 9.17) is 0 Å². The van der Waals surface area contributed by atoms with Gasteiger partial charge < -0.3 is 10.2 Å². The molecule has 5 heteroatoms. The van der Waals surface area contributed by atoms with E-state index in [2.05, 4.69) is 10.3 Å². The van der Waals surface area contributed by atoms with Gasteiger partial charge in [0, 0.05) is 19.3 Å². The fourth-order valence-electron chi connectivity index (χ4n) is 1.98. The second kappa shape index (κ2) is 7.76. The van der Waals surface area contributed by atoms with Crippen molar-refractivity contribution in [2.24, 2.45) is 11.8 Å². The van der Waals surface area contributed by atoms with Crippen molar-refractivity contribution < 1.29 is 9.59 Å². The van der Waals surface area contributed by atoms with Crippen LogP contribution >= 0.6 is 0 Å². The van der Waals surface area contributed by atoms with Crippen LogP contribution in [0.4, 0.5) is 5.82 Å². The van der Waals surface area contributed by atoms with Crippen molar-refractivity contribution in [2.45, 2.75) is 34.6 Å². The number of nitrogens with one attached hydrogen (secondary N) is 1. The lowest BCUT2D eigenvalue weighted by Gasteiger charge is -2.25. The summed E-state index contributed by atoms with van der Waals surface area (Å²) in [6, 6.07) is 3.53. The number of nitrogens with zero attached hydrogens (tertiary/aromatic N) is 2. The van der Waals surface area contributed by atoms with Crippen molar-refractivity contribution in [3.05, 3.63) is 23.9 Å². The lowest BCUT2D eigenvalue weighted by molar-refractivity contribution is -0.143. The number of rotatable bonds is 5. The van der Waals surface area contributed by atoms with Crippen LogP contribution in [-0.2, 0) is 9.59 Å². The summed E-state index contributed by atoms with van der Waals surface area (Å²) in [7, 11) is 0. The Morgan fingerprint density at radius 3 is 2.14 bits per heavy atom. The van der Waals surface area contributed by atoms with E-state index in [9.17, 15) is 9.59 Å². The normalized spacial score (nSPS) is 10.8. The minimum atomic E-state index is -0.632. The van der Waals surface area contributed by atoms with Gasteiger partial charge >= 0.3 is 11.8 Å². The van der Waals surface area contributed by atoms with E-state index < -0.39 is 11.8 Å². The molecule has 0 radical (unpaired) electrons. The van der Waals surface area contributed by atoms with Crippen LogP contribution in [0, 0.1) is 18.8 Å². The van der Waals surface area contributed by atoms with Crippen LogP contribution < -0.4 is 5.32 Å². The SMILES string of the molecule is Cc1ccc(NC(=O)C(=O)N(CC(C)C)CC(C)C)nc1. The maximum Gasteiger partial charge on any atom is 0.315 e. The van der Waals surface area contributed by atoms with Crippen molar-refractivity contribution in [1.29, 1.82) is 0 Å². The number of hydrogen-bond acceptors (Lipinski definition) is 3. The smallest absolute Gasteiger partial charge is 0.315 e. The molecule has 0 spiro atoms. The highest BCUT2D eigenvalue weighted by atomic mass is 16.2. The predicted molar refractivity (Wildman–Crippen MR) is 83.9 cm³/mol. The van der Waals surface area contributed by atoms with Gasteiger partial charge in [-0.25, -0.2) is 4.98 Å². The van der Waals surface area contributed by atoms with Crippen LogP contribution in [0.25, 0.3) is 0 Å². The molecular weight excluding hydrogens is 266 g/mol. The topological polar surface area (TPSA) is 62.3 Å². The number of carbonyl (C=O) groups excluding carboxylic acids is 2. The van der Waals surface area contributed by atoms with E-state index in [0.29, 0.717) is 30.7 Å². The van der Waals surface area contributed by atoms with Crippen molar-refractivity contribution in [3.63, 3.8) is 0 Å². The van der Waals surface area contributed by atoms with Crippen molar-refractivity contribution >= 4 is 17.6 Å². The van der Waals surface area contributed by atoms with Gasteiger partial charge in [0.2, 0.25) is 0 Å². The number of aromatic nitrogens is 1. The molecule has 21 heavy (non-hydrogen) atoms. The second-order valence-electron chi connectivity index (χ2n) is 6.17. The quantitative estimate of drug-likeness (QED) is 0.848. The Balaban J connectivity index is 2.72. The maximum atomic E-state index is 12.3. The molecule has 0 fully saturated rings. The van der Waals surface area contributed by atoms with Gasteiger partial charge in [-0.05, 0) is 30.4 Å². The Hall–Kier alpha value is -1.91. The number of anilines is 1. The molecule has 0 bridgehead atoms. The molecule has 0 unspecified atom stereocenters. The first-order valence-corrected chi connectivity index (χ1v) is 7.32. The van der Waals surface area contributed by atoms with Gasteiger partial charge in [-0.3, -0.25) is 9.59 Å². The van der Waals surface area contributed by atoms with Crippen LogP contribution in [-0.4, -0.2) is 34.8 Å². The van der Waals surface area contributed by atoms with E-state index in [1.54, 1.807) is 17.2 Å². The first-order valence-electron chi connectivity index (χ1n) is 7.32. The Labute approximate surface area is 126 Å². The minimum Gasteiger partial charge on any atom is -0.334 e. The van der Waals surface area contributed by atoms with E-state index in [1.807, 2.05) is 40.7 Å². The van der Waals surface area contributed by atoms with Crippen LogP contribution in [0.3, 0.4) is 0 Å². The monoisotopic (exact) mass is 291 g/mol. The summed E-state index contributed by atoms with van der Waals surface area (Å²) in [5.74, 6) is -0.101. The lowest BCUT2D eigenvalue weighted by Crippen LogP contribution is -2.43. The van der Waals surface area contributed by atoms with Gasteiger partial charge in [0.25, 0.3) is 0 Å². The Kier molecular flexibility index (Phi) is 6.34. The summed E-state index contributed by atoms with van der Waals surface area (Å²) in [6.07, 6.45) is 1.65. The summed E-state index contributed by atoms with van der Waals surface area (Å²) in [5, 5.41) is 2.55. The summed E-state index contributed by atoms with van der Waals surface area (Å²) < 4.78 is 0. The van der Waals surface area contributed by atoms with E-state index >= 15 is 0 Å². The van der Waals surface area contributed by atoms with Crippen LogP contribution in [0.2, 0.25) is 0 Å². The standard InChI is InChI=1S/C16H25N3O2/c1-11(2)9-19(10-12(3)4)16(21)15(20)18-14-7-6-13(5)8-17-14/h6-8,11-12H,9-10H2,1-5H3,(H,17,18,20). The number of amides is 2. The lowest BCUT2D eigenvalue weighted by atomic mass is 10.1. The fraction of sp³-hybridized carbons (Fsp3) is 0.562. The van der Waals surface area contributed by atoms with Gasteiger partial charge in [0.15, 0.2) is 0 Å². The third-order valence-corrected chi connectivity index (χ3v) is 2.81. The maximum absolute atomic E-state index is 12.3. The van der Waals surface area contributed by atoms with E-state index in [0.717, 1.165) is 5.56 Å². The Bertz CT molecular complexity index is 471. The van der Waals surface area contributed by atoms with Gasteiger partial charge in [-0.2, -0.15) is 0 Å². The molecule has 0 saturated carbocycles. The average Bonchev–Trinajstić information content (AvgIpc) is 2.38. The molecule has 0 aliphatic carbocycles. The second-order valence-corrected chi connectivity index (χ2v) is 6.17. The molecule has 0 aliphatic rings. The highest BCUT2D eigenvalue weighted by Crippen LogP contribution is 2.07. The van der Waals surface area contributed by atoms with E-state index in [1.165, 1.54) is 0 Å². The summed E-state index contributed by atoms with van der Waals surface area (Å²) >= 11 is 0. The number of pyridine rings is 1. The molecule has 0 aliphatic heterocycles. The molecule has 1 rings (SSSR count). The highest BCUT2D eigenvalue weighted by molar-refractivity contribution is 6.39. The van der Waals surface area contributed by atoms with Gasteiger partial charge in [-0.1, -0.05) is 33.8 Å². The fourth-order valence-corrected chi connectivity index (χ4v) is 1.98. The van der Waals surface area contributed by atoms with Crippen molar-refractivity contribution in [1.82, 2.24) is 9.88 Å². The summed E-state index contributed by atoms with van der Waals surface area (Å²) in [4.78, 5) is 30.0. The average molecular weight is 291 g/mol. The predicted octanol–water partition coefficient (Wildman–Crippen LogP) is 2.47. The van der Waals surface area contributed by atoms with Crippen LogP contribution in [0.1, 0.15) is 33.3 Å². The van der Waals surface area contributed by atoms with Gasteiger partial charge in [0.1, 0.15) is 5.82 Å². The number of aryl methyl sites for hydroxylation is 1. The minimum absolute atomic E-state index is 0.318. The third-order valence-electron chi connectivity index (χ3n) is 2.81. The first kappa shape index (κ1) is 17.1. The van der Waals surface area contributed by atoms with Gasteiger partial charge in [-0.15, -0.1) is 0 Å². The van der Waals surface area contributed by atoms with Crippen molar-refractivity contribution in [3.8, 4) is 0 Å².